The number of thiol groups is 1. The molecule has 1 rings (SSSR count). The molecule has 0 aromatic carbocycles. The Morgan fingerprint density at radius 3 is 1.83 bits per heavy atom. The molecule has 0 aliphatic carbocycles. The van der Waals surface area contributed by atoms with E-state index in [2.05, 4.69) is 22.4 Å². The van der Waals surface area contributed by atoms with Crippen LogP contribution in [-0.4, -0.2) is 0 Å². The van der Waals surface area contributed by atoms with Crippen molar-refractivity contribution in [2.45, 2.75) is 0 Å². The molecule has 2 heteroatoms. The molecule has 1 aromatic rings. The van der Waals surface area contributed by atoms with E-state index in [1.807, 2.05) is 12.1 Å². The van der Waals surface area contributed by atoms with Crippen molar-refractivity contribution in [1.29, 1.82) is 0 Å². The zero-order valence-corrected chi connectivity index (χ0v) is 4.88. The summed E-state index contributed by atoms with van der Waals surface area (Å²) in [7, 11) is 0.160. The normalized spacial score (nSPS) is 8.83. The van der Waals surface area contributed by atoms with Crippen molar-refractivity contribution in [3.05, 3.63) is 22.9 Å². The van der Waals surface area contributed by atoms with Crippen molar-refractivity contribution < 1.29 is 0 Å². The highest BCUT2D eigenvalue weighted by atomic mass is 33.1. The zero-order valence-electron chi connectivity index (χ0n) is 3.16. The van der Waals surface area contributed by atoms with Crippen molar-refractivity contribution in [3.63, 3.8) is 0 Å². The van der Waals surface area contributed by atoms with Gasteiger partial charge in [-0.25, -0.2) is 0 Å². The molecule has 0 spiro atoms. The summed E-state index contributed by atoms with van der Waals surface area (Å²) in [6.07, 6.45) is 0. The summed E-state index contributed by atoms with van der Waals surface area (Å²) in [5, 5.41) is 4.12. The lowest BCUT2D eigenvalue weighted by atomic mass is 10.7. The predicted molar refractivity (Wildman–Crippen MR) is 33.3 cm³/mol. The molecular weight excluding hydrogens is 112 g/mol. The summed E-state index contributed by atoms with van der Waals surface area (Å²) in [6, 6.07) is 4.02. The molecule has 0 unspecified atom stereocenters. The van der Waals surface area contributed by atoms with Gasteiger partial charge in [0.1, 0.15) is 11.7 Å². The molecule has 0 aliphatic heterocycles. The Kier molecular flexibility index (Phi) is 1.17. The topological polar surface area (TPSA) is 0 Å². The molecule has 0 saturated carbocycles. The third-order valence-electron chi connectivity index (χ3n) is 0.547. The Labute approximate surface area is 44.6 Å². The molecule has 0 atom stereocenters. The van der Waals surface area contributed by atoms with Gasteiger partial charge in [0.2, 0.25) is 0 Å². The Morgan fingerprint density at radius 1 is 1.17 bits per heavy atom. The van der Waals surface area contributed by atoms with Crippen LogP contribution in [0.2, 0.25) is 0 Å². The Bertz CT molecular complexity index is 109. The molecule has 0 fully saturated rings. The zero-order chi connectivity index (χ0) is 4.41. The molecule has 0 nitrogen and oxygen atoms in total. The van der Waals surface area contributed by atoms with Gasteiger partial charge in [-0.3, -0.25) is 0 Å². The Balaban J connectivity index is 3.05. The minimum Gasteiger partial charge on any atom is -0.00405 e. The molecule has 0 aliphatic rings. The van der Waals surface area contributed by atoms with Crippen LogP contribution in [0.25, 0.3) is 0 Å². The second-order valence-electron chi connectivity index (χ2n) is 1.00. The maximum atomic E-state index is 4.15. The molecule has 6 heavy (non-hydrogen) atoms. The number of hydrogen-bond acceptors (Lipinski definition) is 1. The van der Waals surface area contributed by atoms with Gasteiger partial charge < -0.3 is 0 Å². The molecule has 0 radical (unpaired) electrons. The van der Waals surface area contributed by atoms with Gasteiger partial charge in [0.05, 0.1) is 0 Å². The van der Waals surface area contributed by atoms with Crippen LogP contribution < -0.4 is 0 Å². The van der Waals surface area contributed by atoms with Crippen LogP contribution in [0.1, 0.15) is 0 Å². The number of rotatable bonds is 0. The van der Waals surface area contributed by atoms with E-state index in [-0.39, 0.29) is 9.50 Å². The third kappa shape index (κ3) is 0.758. The lowest BCUT2D eigenvalue weighted by molar-refractivity contribution is 2.03. The third-order valence-corrected chi connectivity index (χ3v) is 2.15. The van der Waals surface area contributed by atoms with Crippen molar-refractivity contribution in [2.75, 3.05) is 0 Å². The lowest BCUT2D eigenvalue weighted by Crippen LogP contribution is -1.19. The molecule has 0 N–H and O–H groups in total. The van der Waals surface area contributed by atoms with Gasteiger partial charge in [0.15, 0.2) is 10.8 Å². The monoisotopic (exact) mass is 117 g/mol. The van der Waals surface area contributed by atoms with Crippen LogP contribution in [0.5, 0.6) is 0 Å². The van der Waals surface area contributed by atoms with E-state index >= 15 is 0 Å². The highest BCUT2D eigenvalue weighted by Gasteiger charge is 1.86. The van der Waals surface area contributed by atoms with E-state index in [0.717, 1.165) is 0 Å². The first kappa shape index (κ1) is 4.22. The minimum atomic E-state index is 0.160. The van der Waals surface area contributed by atoms with E-state index in [9.17, 15) is 0 Å². The van der Waals surface area contributed by atoms with Gasteiger partial charge in [0.25, 0.3) is 0 Å². The first-order valence-electron chi connectivity index (χ1n) is 1.65. The average Bonchev–Trinajstić information content (AvgIpc) is 1.86. The summed E-state index contributed by atoms with van der Waals surface area (Å²) in [5.41, 5.74) is 0. The summed E-state index contributed by atoms with van der Waals surface area (Å²) in [5.74, 6) is 0. The molecule has 32 valence electrons. The lowest BCUT2D eigenvalue weighted by Gasteiger charge is -1.53. The second kappa shape index (κ2) is 1.67. The van der Waals surface area contributed by atoms with Crippen molar-refractivity contribution >= 4 is 21.2 Å². The van der Waals surface area contributed by atoms with Crippen LogP contribution in [-0.2, 0) is 0 Å². The summed E-state index contributed by atoms with van der Waals surface area (Å²) >= 11 is 4.15. The van der Waals surface area contributed by atoms with Gasteiger partial charge in [0, 0.05) is 9.50 Å². The summed E-state index contributed by atoms with van der Waals surface area (Å²) < 4.78 is 0. The van der Waals surface area contributed by atoms with E-state index in [4.69, 9.17) is 0 Å². The van der Waals surface area contributed by atoms with Crippen molar-refractivity contribution in [3.8, 4) is 0 Å². The van der Waals surface area contributed by atoms with Gasteiger partial charge in [-0.2, -0.15) is 0 Å². The molecule has 0 bridgehead atoms. The second-order valence-corrected chi connectivity index (χ2v) is 3.51. The van der Waals surface area contributed by atoms with Crippen LogP contribution in [0, 0.1) is 0 Å². The van der Waals surface area contributed by atoms with E-state index in [1.54, 1.807) is 0 Å². The van der Waals surface area contributed by atoms with Crippen LogP contribution >= 0.6 is 21.2 Å². The smallest absolute Gasteiger partial charge is 0.00405 e. The molecular formula is C4H5S2+. The fraction of sp³-hybridized carbons (Fsp3) is 0. The van der Waals surface area contributed by atoms with Gasteiger partial charge in [-0.1, -0.05) is 0 Å². The highest BCUT2D eigenvalue weighted by molar-refractivity contribution is 8.33. The maximum absolute atomic E-state index is 4.15. The minimum absolute atomic E-state index is 0.160. The number of thiophene rings is 1. The molecule has 1 heterocycles. The van der Waals surface area contributed by atoms with Crippen LogP contribution in [0.4, 0.5) is 0 Å². The fourth-order valence-corrected chi connectivity index (χ4v) is 1.31. The van der Waals surface area contributed by atoms with E-state index in [1.165, 1.54) is 0 Å². The standard InChI is InChI=1S/C4H5S2/c5-6-3-1-2-4-6/h1-5H/q+1. The first-order valence-corrected chi connectivity index (χ1v) is 4.06. The van der Waals surface area contributed by atoms with Crippen LogP contribution in [0.3, 0.4) is 0 Å². The molecule has 1 aromatic heterocycles. The predicted octanol–water partition coefficient (Wildman–Crippen LogP) is 2.13. The Morgan fingerprint density at radius 2 is 1.67 bits per heavy atom. The number of hydrogen-bond donors (Lipinski definition) is 1. The molecule has 0 saturated heterocycles. The van der Waals surface area contributed by atoms with Gasteiger partial charge in [-0.15, -0.1) is 0 Å². The van der Waals surface area contributed by atoms with Crippen LogP contribution in [0.15, 0.2) is 22.9 Å². The van der Waals surface area contributed by atoms with Crippen molar-refractivity contribution in [2.24, 2.45) is 0 Å². The molecule has 0 amide bonds. The van der Waals surface area contributed by atoms with Gasteiger partial charge in [-0.05, 0) is 12.1 Å². The highest BCUT2D eigenvalue weighted by Crippen LogP contribution is 2.18. The fourth-order valence-electron chi connectivity index (χ4n) is 0.297. The SMILES string of the molecule is S[s+]1cccc1. The van der Waals surface area contributed by atoms with E-state index in [0.29, 0.717) is 0 Å². The summed E-state index contributed by atoms with van der Waals surface area (Å²) in [6.45, 7) is 0. The largest absolute Gasteiger partial charge is 0.150 e. The summed E-state index contributed by atoms with van der Waals surface area (Å²) in [4.78, 5) is 0. The average molecular weight is 117 g/mol. The van der Waals surface area contributed by atoms with E-state index < -0.39 is 0 Å². The maximum Gasteiger partial charge on any atom is 0.150 e. The Hall–Kier alpha value is 0.0500. The quantitative estimate of drug-likeness (QED) is 0.300. The van der Waals surface area contributed by atoms with Gasteiger partial charge >= 0.3 is 0 Å². The first-order chi connectivity index (χ1) is 2.89. The van der Waals surface area contributed by atoms with Crippen molar-refractivity contribution in [1.82, 2.24) is 0 Å².